The molecule has 2 heterocycles. The van der Waals surface area contributed by atoms with Gasteiger partial charge in [0.05, 0.1) is 11.1 Å². The molecular weight excluding hydrogens is 414 g/mol. The molecule has 1 aliphatic carbocycles. The molecule has 7 heteroatoms. The second-order valence-electron chi connectivity index (χ2n) is 8.30. The van der Waals surface area contributed by atoms with Crippen molar-refractivity contribution in [2.24, 2.45) is 5.73 Å². The molecule has 2 N–H and O–H groups in total. The SMILES string of the molecule is NCCCc1ccc2oc3cc(C4CCC4)n(-c4cccc(F)c4F)c(=O)c3c(=O)c2c1. The predicted octanol–water partition coefficient (Wildman–Crippen LogP) is 4.53. The van der Waals surface area contributed by atoms with Crippen LogP contribution >= 0.6 is 0 Å². The number of pyridine rings is 1. The van der Waals surface area contributed by atoms with Crippen LogP contribution in [0.4, 0.5) is 8.78 Å². The highest BCUT2D eigenvalue weighted by molar-refractivity contribution is 5.90. The predicted molar refractivity (Wildman–Crippen MR) is 119 cm³/mol. The molecule has 1 aliphatic rings. The van der Waals surface area contributed by atoms with Crippen molar-refractivity contribution in [3.05, 3.63) is 85.9 Å². The molecule has 0 saturated heterocycles. The Morgan fingerprint density at radius 3 is 2.59 bits per heavy atom. The van der Waals surface area contributed by atoms with Crippen molar-refractivity contribution in [2.45, 2.75) is 38.0 Å². The fraction of sp³-hybridized carbons (Fsp3) is 0.280. The molecule has 0 spiro atoms. The van der Waals surface area contributed by atoms with Crippen LogP contribution in [-0.4, -0.2) is 11.1 Å². The minimum atomic E-state index is -1.12. The Morgan fingerprint density at radius 1 is 1.06 bits per heavy atom. The first-order valence-electron chi connectivity index (χ1n) is 10.8. The second kappa shape index (κ2) is 7.98. The lowest BCUT2D eigenvalue weighted by molar-refractivity contribution is 0.402. The quantitative estimate of drug-likeness (QED) is 0.466. The summed E-state index contributed by atoms with van der Waals surface area (Å²) in [4.78, 5) is 26.9. The molecule has 5 rings (SSSR count). The van der Waals surface area contributed by atoms with Crippen molar-refractivity contribution in [1.82, 2.24) is 4.57 Å². The first-order valence-corrected chi connectivity index (χ1v) is 10.8. The number of nitrogens with two attached hydrogens (primary N) is 1. The van der Waals surface area contributed by atoms with Crippen LogP contribution < -0.4 is 16.7 Å². The van der Waals surface area contributed by atoms with Gasteiger partial charge in [-0.2, -0.15) is 0 Å². The summed E-state index contributed by atoms with van der Waals surface area (Å²) in [6, 6.07) is 10.6. The molecule has 0 unspecified atom stereocenters. The standard InChI is InChI=1S/C25H22F2N2O3/c26-17-7-2-8-18(23(17)27)29-19(15-5-1-6-15)13-21-22(25(29)31)24(30)16-12-14(4-3-11-28)9-10-20(16)32-21/h2,7-10,12-13,15H,1,3-6,11,28H2. The van der Waals surface area contributed by atoms with E-state index in [9.17, 15) is 18.4 Å². The Bertz CT molecular complexity index is 1470. The summed E-state index contributed by atoms with van der Waals surface area (Å²) in [5.74, 6) is -2.16. The molecule has 0 atom stereocenters. The Labute approximate surface area is 182 Å². The number of halogens is 2. The van der Waals surface area contributed by atoms with Gasteiger partial charge in [0.1, 0.15) is 16.6 Å². The second-order valence-corrected chi connectivity index (χ2v) is 8.30. The van der Waals surface area contributed by atoms with Gasteiger partial charge in [0.25, 0.3) is 5.56 Å². The molecule has 2 aromatic heterocycles. The lowest BCUT2D eigenvalue weighted by atomic mass is 9.82. The van der Waals surface area contributed by atoms with Gasteiger partial charge in [-0.15, -0.1) is 0 Å². The van der Waals surface area contributed by atoms with Crippen molar-refractivity contribution in [2.75, 3.05) is 6.54 Å². The number of benzene rings is 2. The van der Waals surface area contributed by atoms with E-state index in [1.807, 2.05) is 6.07 Å². The van der Waals surface area contributed by atoms with Crippen LogP contribution in [0.15, 0.2) is 56.5 Å². The van der Waals surface area contributed by atoms with E-state index in [4.69, 9.17) is 10.2 Å². The van der Waals surface area contributed by atoms with Crippen molar-refractivity contribution >= 4 is 21.9 Å². The molecule has 164 valence electrons. The van der Waals surface area contributed by atoms with Gasteiger partial charge in [0.15, 0.2) is 11.6 Å². The molecule has 32 heavy (non-hydrogen) atoms. The van der Waals surface area contributed by atoms with E-state index in [-0.39, 0.29) is 28.0 Å². The van der Waals surface area contributed by atoms with Crippen LogP contribution in [0, 0.1) is 11.6 Å². The normalized spacial score (nSPS) is 14.2. The molecule has 0 amide bonds. The molecular formula is C25H22F2N2O3. The summed E-state index contributed by atoms with van der Waals surface area (Å²) < 4.78 is 35.8. The number of hydrogen-bond donors (Lipinski definition) is 1. The smallest absolute Gasteiger partial charge is 0.270 e. The van der Waals surface area contributed by atoms with Crippen LogP contribution in [0.25, 0.3) is 27.6 Å². The van der Waals surface area contributed by atoms with Gasteiger partial charge in [-0.25, -0.2) is 8.78 Å². The van der Waals surface area contributed by atoms with Crippen molar-refractivity contribution in [1.29, 1.82) is 0 Å². The third-order valence-corrected chi connectivity index (χ3v) is 6.30. The van der Waals surface area contributed by atoms with Gasteiger partial charge < -0.3 is 10.2 Å². The summed E-state index contributed by atoms with van der Waals surface area (Å²) in [5.41, 5.74) is 6.19. The maximum absolute atomic E-state index is 14.7. The minimum absolute atomic E-state index is 0.00871. The summed E-state index contributed by atoms with van der Waals surface area (Å²) >= 11 is 0. The molecule has 1 saturated carbocycles. The molecule has 1 fully saturated rings. The topological polar surface area (TPSA) is 78.2 Å². The zero-order valence-electron chi connectivity index (χ0n) is 17.4. The largest absolute Gasteiger partial charge is 0.456 e. The van der Waals surface area contributed by atoms with Gasteiger partial charge in [-0.3, -0.25) is 14.2 Å². The Morgan fingerprint density at radius 2 is 1.88 bits per heavy atom. The summed E-state index contributed by atoms with van der Waals surface area (Å²) in [6.45, 7) is 0.526. The minimum Gasteiger partial charge on any atom is -0.456 e. The van der Waals surface area contributed by atoms with E-state index in [2.05, 4.69) is 0 Å². The molecule has 4 aromatic rings. The lowest BCUT2D eigenvalue weighted by Gasteiger charge is -2.28. The molecule has 5 nitrogen and oxygen atoms in total. The van der Waals surface area contributed by atoms with Gasteiger partial charge in [-0.1, -0.05) is 18.6 Å². The summed E-state index contributed by atoms with van der Waals surface area (Å²) in [6.07, 6.45) is 4.09. The average molecular weight is 436 g/mol. The molecule has 0 bridgehead atoms. The van der Waals surface area contributed by atoms with Crippen LogP contribution in [0.5, 0.6) is 0 Å². The Balaban J connectivity index is 1.84. The number of fused-ring (bicyclic) bond motifs is 2. The highest BCUT2D eigenvalue weighted by Gasteiger charge is 2.28. The maximum atomic E-state index is 14.7. The van der Waals surface area contributed by atoms with Gasteiger partial charge in [-0.05, 0) is 68.0 Å². The molecule has 0 radical (unpaired) electrons. The number of aromatic nitrogens is 1. The number of aryl methyl sites for hydroxylation is 1. The monoisotopic (exact) mass is 436 g/mol. The average Bonchev–Trinajstić information content (AvgIpc) is 2.74. The van der Waals surface area contributed by atoms with Crippen molar-refractivity contribution in [3.63, 3.8) is 0 Å². The highest BCUT2D eigenvalue weighted by Crippen LogP contribution is 2.38. The zero-order valence-corrected chi connectivity index (χ0v) is 17.4. The van der Waals surface area contributed by atoms with E-state index < -0.39 is 22.6 Å². The van der Waals surface area contributed by atoms with Crippen LogP contribution in [0.2, 0.25) is 0 Å². The van der Waals surface area contributed by atoms with Crippen LogP contribution in [0.1, 0.15) is 42.9 Å². The number of nitrogens with zero attached hydrogens (tertiary/aromatic N) is 1. The van der Waals surface area contributed by atoms with Gasteiger partial charge >= 0.3 is 0 Å². The van der Waals surface area contributed by atoms with E-state index in [1.165, 1.54) is 12.1 Å². The fourth-order valence-electron chi connectivity index (χ4n) is 4.37. The fourth-order valence-corrected chi connectivity index (χ4v) is 4.37. The summed E-state index contributed by atoms with van der Waals surface area (Å²) in [5, 5.41) is 0.118. The highest BCUT2D eigenvalue weighted by atomic mass is 19.2. The third-order valence-electron chi connectivity index (χ3n) is 6.30. The third kappa shape index (κ3) is 3.24. The van der Waals surface area contributed by atoms with Crippen molar-refractivity contribution in [3.8, 4) is 5.69 Å². The van der Waals surface area contributed by atoms with E-state index in [0.29, 0.717) is 24.2 Å². The Kier molecular flexibility index (Phi) is 5.13. The first-order chi connectivity index (χ1) is 15.5. The Hall–Kier alpha value is -3.32. The van der Waals surface area contributed by atoms with Crippen LogP contribution in [-0.2, 0) is 6.42 Å². The first kappa shape index (κ1) is 20.6. The van der Waals surface area contributed by atoms with E-state index >= 15 is 0 Å². The van der Waals surface area contributed by atoms with E-state index in [1.54, 1.807) is 18.2 Å². The summed E-state index contributed by atoms with van der Waals surface area (Å²) in [7, 11) is 0. The zero-order chi connectivity index (χ0) is 22.4. The van der Waals surface area contributed by atoms with E-state index in [0.717, 1.165) is 41.9 Å². The van der Waals surface area contributed by atoms with Gasteiger partial charge in [0, 0.05) is 11.8 Å². The van der Waals surface area contributed by atoms with Crippen LogP contribution in [0.3, 0.4) is 0 Å². The number of hydrogen-bond acceptors (Lipinski definition) is 4. The van der Waals surface area contributed by atoms with Gasteiger partial charge in [0.2, 0.25) is 5.43 Å². The maximum Gasteiger partial charge on any atom is 0.270 e. The molecule has 2 aromatic carbocycles. The van der Waals surface area contributed by atoms with Crippen molar-refractivity contribution < 1.29 is 13.2 Å². The lowest BCUT2D eigenvalue weighted by Crippen LogP contribution is -2.29. The molecule has 0 aliphatic heterocycles. The number of rotatable bonds is 5.